The Bertz CT molecular complexity index is 677. The number of benzene rings is 1. The van der Waals surface area contributed by atoms with E-state index >= 15 is 0 Å². The third kappa shape index (κ3) is 3.32. The van der Waals surface area contributed by atoms with Crippen LogP contribution in [0.5, 0.6) is 5.75 Å². The van der Waals surface area contributed by atoms with Crippen LogP contribution < -0.4 is 4.74 Å². The molecule has 0 saturated heterocycles. The molecule has 0 amide bonds. The molecular weight excluding hydrogens is 302 g/mol. The molecule has 4 nitrogen and oxygen atoms in total. The van der Waals surface area contributed by atoms with E-state index in [-0.39, 0.29) is 19.0 Å². The van der Waals surface area contributed by atoms with Crippen LogP contribution in [0.4, 0.5) is 8.78 Å². The van der Waals surface area contributed by atoms with Crippen LogP contribution in [0.2, 0.25) is 0 Å². The summed E-state index contributed by atoms with van der Waals surface area (Å²) in [6.07, 6.45) is 1.52. The second-order valence-corrected chi connectivity index (χ2v) is 5.68. The maximum Gasteiger partial charge on any atom is 0.264 e. The molecule has 1 fully saturated rings. The van der Waals surface area contributed by atoms with Crippen LogP contribution in [0, 0.1) is 12.8 Å². The molecule has 1 aromatic heterocycles. The molecule has 1 saturated carbocycles. The zero-order valence-corrected chi connectivity index (χ0v) is 13.0. The van der Waals surface area contributed by atoms with E-state index in [1.165, 1.54) is 6.20 Å². The first-order chi connectivity index (χ1) is 11.0. The fourth-order valence-electron chi connectivity index (χ4n) is 2.59. The van der Waals surface area contributed by atoms with Crippen molar-refractivity contribution in [1.29, 1.82) is 0 Å². The lowest BCUT2D eigenvalue weighted by molar-refractivity contribution is 0.0479. The first kappa shape index (κ1) is 15.8. The Kier molecular flexibility index (Phi) is 4.26. The van der Waals surface area contributed by atoms with Crippen LogP contribution >= 0.6 is 0 Å². The SMILES string of the molecule is COc1ccc(COC[C@@H]2[C@@H](c3nccc(C)n3)C2(F)F)cc1. The minimum absolute atomic E-state index is 0.0129. The molecule has 0 unspecified atom stereocenters. The first-order valence-electron chi connectivity index (χ1n) is 7.40. The van der Waals surface area contributed by atoms with Gasteiger partial charge in [0.25, 0.3) is 5.92 Å². The monoisotopic (exact) mass is 320 g/mol. The first-order valence-corrected chi connectivity index (χ1v) is 7.40. The highest BCUT2D eigenvalue weighted by Crippen LogP contribution is 2.60. The normalized spacial score (nSPS) is 21.9. The fourth-order valence-corrected chi connectivity index (χ4v) is 2.59. The Morgan fingerprint density at radius 1 is 1.17 bits per heavy atom. The maximum absolute atomic E-state index is 13.9. The van der Waals surface area contributed by atoms with Crippen LogP contribution in [0.3, 0.4) is 0 Å². The number of aromatic nitrogens is 2. The highest BCUT2D eigenvalue weighted by molar-refractivity contribution is 5.27. The largest absolute Gasteiger partial charge is 0.497 e. The minimum Gasteiger partial charge on any atom is -0.497 e. The summed E-state index contributed by atoms with van der Waals surface area (Å²) in [6.45, 7) is 2.04. The van der Waals surface area contributed by atoms with Crippen molar-refractivity contribution in [2.75, 3.05) is 13.7 Å². The van der Waals surface area contributed by atoms with Crippen molar-refractivity contribution in [2.24, 2.45) is 5.92 Å². The van der Waals surface area contributed by atoms with Gasteiger partial charge in [-0.1, -0.05) is 12.1 Å². The van der Waals surface area contributed by atoms with Crippen LogP contribution in [0.25, 0.3) is 0 Å². The summed E-state index contributed by atoms with van der Waals surface area (Å²) in [5.74, 6) is -3.65. The number of nitrogens with zero attached hydrogens (tertiary/aromatic N) is 2. The van der Waals surface area contributed by atoms with Crippen LogP contribution in [0.1, 0.15) is 23.0 Å². The van der Waals surface area contributed by atoms with Gasteiger partial charge in [0, 0.05) is 11.9 Å². The number of halogens is 2. The van der Waals surface area contributed by atoms with Crippen LogP contribution in [-0.2, 0) is 11.3 Å². The van der Waals surface area contributed by atoms with Gasteiger partial charge in [-0.25, -0.2) is 18.7 Å². The van der Waals surface area contributed by atoms with E-state index in [1.807, 2.05) is 24.3 Å². The summed E-state index contributed by atoms with van der Waals surface area (Å²) in [5.41, 5.74) is 1.61. The molecule has 6 heteroatoms. The maximum atomic E-state index is 13.9. The summed E-state index contributed by atoms with van der Waals surface area (Å²) in [7, 11) is 1.59. The summed E-state index contributed by atoms with van der Waals surface area (Å²) in [4.78, 5) is 8.08. The van der Waals surface area contributed by atoms with E-state index in [0.29, 0.717) is 5.69 Å². The summed E-state index contributed by atoms with van der Waals surface area (Å²) in [5, 5.41) is 0. The van der Waals surface area contributed by atoms with Gasteiger partial charge in [0.2, 0.25) is 0 Å². The zero-order chi connectivity index (χ0) is 16.4. The molecule has 3 rings (SSSR count). The molecule has 1 aliphatic rings. The van der Waals surface area contributed by atoms with Crippen molar-refractivity contribution in [3.05, 3.63) is 53.6 Å². The fraction of sp³-hybridized carbons (Fsp3) is 0.412. The van der Waals surface area contributed by atoms with Gasteiger partial charge < -0.3 is 9.47 Å². The Morgan fingerprint density at radius 2 is 1.91 bits per heavy atom. The van der Waals surface area contributed by atoms with E-state index in [2.05, 4.69) is 9.97 Å². The van der Waals surface area contributed by atoms with Crippen LogP contribution in [0.15, 0.2) is 36.5 Å². The van der Waals surface area contributed by atoms with Crippen molar-refractivity contribution in [3.8, 4) is 5.75 Å². The molecule has 1 aliphatic carbocycles. The lowest BCUT2D eigenvalue weighted by atomic mass is 10.2. The molecule has 122 valence electrons. The number of ether oxygens (including phenoxy) is 2. The Labute approximate surface area is 133 Å². The van der Waals surface area contributed by atoms with Gasteiger partial charge in [0.15, 0.2) is 0 Å². The van der Waals surface area contributed by atoms with Gasteiger partial charge in [0.05, 0.1) is 32.2 Å². The number of alkyl halides is 2. The van der Waals surface area contributed by atoms with Crippen molar-refractivity contribution in [1.82, 2.24) is 9.97 Å². The molecule has 0 radical (unpaired) electrons. The van der Waals surface area contributed by atoms with Crippen molar-refractivity contribution in [2.45, 2.75) is 25.4 Å². The molecule has 1 aromatic carbocycles. The molecular formula is C17H18F2N2O2. The topological polar surface area (TPSA) is 44.2 Å². The van der Waals surface area contributed by atoms with Crippen molar-refractivity contribution in [3.63, 3.8) is 0 Å². The number of rotatable bonds is 6. The average molecular weight is 320 g/mol. The lowest BCUT2D eigenvalue weighted by Gasteiger charge is -2.05. The smallest absolute Gasteiger partial charge is 0.264 e. The second kappa shape index (κ2) is 6.20. The standard InChI is InChI=1S/C17H18F2N2O2/c1-11-7-8-20-16(21-11)15-14(17(15,18)19)10-23-9-12-3-5-13(22-2)6-4-12/h3-8,14-15H,9-10H2,1-2H3/t14-,15+/m1/s1. The molecule has 2 aromatic rings. The zero-order valence-electron chi connectivity index (χ0n) is 13.0. The second-order valence-electron chi connectivity index (χ2n) is 5.68. The molecule has 1 heterocycles. The van der Waals surface area contributed by atoms with Crippen molar-refractivity contribution < 1.29 is 18.3 Å². The molecule has 0 spiro atoms. The predicted molar refractivity (Wildman–Crippen MR) is 80.6 cm³/mol. The van der Waals surface area contributed by atoms with Gasteiger partial charge in [-0.2, -0.15) is 0 Å². The van der Waals surface area contributed by atoms with E-state index in [1.54, 1.807) is 20.1 Å². The van der Waals surface area contributed by atoms with E-state index in [0.717, 1.165) is 11.3 Å². The summed E-state index contributed by atoms with van der Waals surface area (Å²) in [6, 6.07) is 9.02. The van der Waals surface area contributed by atoms with E-state index < -0.39 is 17.8 Å². The minimum atomic E-state index is -2.80. The Hall–Kier alpha value is -2.08. The quantitative estimate of drug-likeness (QED) is 0.819. The highest BCUT2D eigenvalue weighted by atomic mass is 19.3. The Balaban J connectivity index is 1.56. The van der Waals surface area contributed by atoms with Gasteiger partial charge in [-0.05, 0) is 30.7 Å². The summed E-state index contributed by atoms with van der Waals surface area (Å²) < 4.78 is 38.4. The third-order valence-electron chi connectivity index (χ3n) is 4.02. The van der Waals surface area contributed by atoms with Crippen molar-refractivity contribution >= 4 is 0 Å². The molecule has 0 aliphatic heterocycles. The number of methoxy groups -OCH3 is 1. The highest BCUT2D eigenvalue weighted by Gasteiger charge is 2.70. The number of hydrogen-bond donors (Lipinski definition) is 0. The van der Waals surface area contributed by atoms with E-state index in [4.69, 9.17) is 9.47 Å². The van der Waals surface area contributed by atoms with Gasteiger partial charge in [0.1, 0.15) is 11.6 Å². The van der Waals surface area contributed by atoms with Gasteiger partial charge in [-0.15, -0.1) is 0 Å². The van der Waals surface area contributed by atoms with Gasteiger partial charge >= 0.3 is 0 Å². The third-order valence-corrected chi connectivity index (χ3v) is 4.02. The number of hydrogen-bond acceptors (Lipinski definition) is 4. The molecule has 0 bridgehead atoms. The lowest BCUT2D eigenvalue weighted by Crippen LogP contribution is -2.03. The number of aryl methyl sites for hydroxylation is 1. The molecule has 0 N–H and O–H groups in total. The summed E-state index contributed by atoms with van der Waals surface area (Å²) >= 11 is 0. The van der Waals surface area contributed by atoms with Crippen LogP contribution in [-0.4, -0.2) is 29.6 Å². The van der Waals surface area contributed by atoms with E-state index in [9.17, 15) is 8.78 Å². The molecule has 2 atom stereocenters. The predicted octanol–water partition coefficient (Wildman–Crippen LogP) is 3.36. The average Bonchev–Trinajstić information content (AvgIpc) is 3.09. The van der Waals surface area contributed by atoms with Gasteiger partial charge in [-0.3, -0.25) is 0 Å². The Morgan fingerprint density at radius 3 is 2.57 bits per heavy atom. The molecule has 23 heavy (non-hydrogen) atoms.